The van der Waals surface area contributed by atoms with Crippen LogP contribution in [0.3, 0.4) is 0 Å². The molecule has 2 bridgehead atoms. The second kappa shape index (κ2) is 7.04. The molecule has 0 radical (unpaired) electrons. The van der Waals surface area contributed by atoms with Gasteiger partial charge in [0.1, 0.15) is 0 Å². The van der Waals surface area contributed by atoms with Crippen molar-refractivity contribution in [3.05, 3.63) is 59.7 Å². The molecule has 4 rings (SSSR count). The van der Waals surface area contributed by atoms with Crippen LogP contribution in [0.1, 0.15) is 54.0 Å². The van der Waals surface area contributed by atoms with E-state index < -0.39 is 0 Å². The topological polar surface area (TPSA) is 46.1 Å². The second-order valence-corrected chi connectivity index (χ2v) is 7.45. The zero-order valence-corrected chi connectivity index (χ0v) is 14.8. The molecule has 1 aromatic carbocycles. The van der Waals surface area contributed by atoms with Gasteiger partial charge in [-0.2, -0.15) is 0 Å². The van der Waals surface area contributed by atoms with E-state index in [0.717, 1.165) is 25.1 Å². The summed E-state index contributed by atoms with van der Waals surface area (Å²) in [6.45, 7) is 2.91. The number of carbonyl (C=O) groups is 1. The van der Waals surface area contributed by atoms with E-state index in [1.54, 1.807) is 6.20 Å². The van der Waals surface area contributed by atoms with Gasteiger partial charge in [-0.25, -0.2) is 9.97 Å². The van der Waals surface area contributed by atoms with Crippen LogP contribution in [0.4, 0.5) is 0 Å². The van der Waals surface area contributed by atoms with Gasteiger partial charge in [0.05, 0.1) is 0 Å². The van der Waals surface area contributed by atoms with Crippen LogP contribution in [-0.4, -0.2) is 32.7 Å². The molecule has 4 heteroatoms. The average molecular weight is 335 g/mol. The number of ketones is 1. The van der Waals surface area contributed by atoms with Crippen molar-refractivity contribution in [2.75, 3.05) is 0 Å². The predicted octanol–water partition coefficient (Wildman–Crippen LogP) is 3.80. The number of rotatable bonds is 4. The van der Waals surface area contributed by atoms with Gasteiger partial charge in [-0.1, -0.05) is 36.8 Å². The van der Waals surface area contributed by atoms with Crippen molar-refractivity contribution >= 4 is 5.78 Å². The summed E-state index contributed by atoms with van der Waals surface area (Å²) in [5.74, 6) is 0.615. The van der Waals surface area contributed by atoms with Crippen molar-refractivity contribution in [1.29, 1.82) is 0 Å². The van der Waals surface area contributed by atoms with Crippen molar-refractivity contribution in [1.82, 2.24) is 14.9 Å². The van der Waals surface area contributed by atoms with Crippen molar-refractivity contribution in [2.24, 2.45) is 5.92 Å². The van der Waals surface area contributed by atoms with E-state index in [2.05, 4.69) is 45.2 Å². The lowest BCUT2D eigenvalue weighted by atomic mass is 9.76. The fourth-order valence-electron chi connectivity index (χ4n) is 4.50. The van der Waals surface area contributed by atoms with E-state index in [0.29, 0.717) is 17.9 Å². The van der Waals surface area contributed by atoms with Crippen molar-refractivity contribution in [3.8, 4) is 0 Å². The Kier molecular flexibility index (Phi) is 4.62. The van der Waals surface area contributed by atoms with Gasteiger partial charge in [0.25, 0.3) is 0 Å². The molecule has 2 aliphatic rings. The van der Waals surface area contributed by atoms with Gasteiger partial charge >= 0.3 is 0 Å². The number of hydrogen-bond donors (Lipinski definition) is 0. The lowest BCUT2D eigenvalue weighted by Crippen LogP contribution is -2.52. The van der Waals surface area contributed by atoms with Crippen LogP contribution in [0.5, 0.6) is 0 Å². The largest absolute Gasteiger partial charge is 0.293 e. The fourth-order valence-corrected chi connectivity index (χ4v) is 4.50. The molecule has 4 nitrogen and oxygen atoms in total. The van der Waals surface area contributed by atoms with Crippen LogP contribution in [0.2, 0.25) is 0 Å². The Labute approximate surface area is 149 Å². The molecule has 0 saturated carbocycles. The molecule has 0 spiro atoms. The Bertz CT molecular complexity index is 732. The first-order chi connectivity index (χ1) is 12.2. The first-order valence-corrected chi connectivity index (χ1v) is 9.34. The summed E-state index contributed by atoms with van der Waals surface area (Å²) in [5, 5.41) is 0. The standard InChI is InChI=1S/C21H25N3O/c1-15-10-11-22-21(23-15)20(25)17-12-18-8-5-9-19(13-17)24(18)14-16-6-3-2-4-7-16/h2-4,6-7,10-11,17-19H,5,8-9,12-14H2,1H3. The molecule has 25 heavy (non-hydrogen) atoms. The van der Waals surface area contributed by atoms with Crippen LogP contribution >= 0.6 is 0 Å². The third kappa shape index (κ3) is 3.49. The van der Waals surface area contributed by atoms with Crippen molar-refractivity contribution < 1.29 is 4.79 Å². The third-order valence-electron chi connectivity index (χ3n) is 5.72. The van der Waals surface area contributed by atoms with E-state index >= 15 is 0 Å². The molecule has 1 aromatic heterocycles. The van der Waals surface area contributed by atoms with Gasteiger partial charge in [-0.15, -0.1) is 0 Å². The summed E-state index contributed by atoms with van der Waals surface area (Å²) >= 11 is 0. The number of fused-ring (bicyclic) bond motifs is 2. The zero-order valence-electron chi connectivity index (χ0n) is 14.8. The highest BCUT2D eigenvalue weighted by Gasteiger charge is 2.41. The minimum absolute atomic E-state index is 0.0733. The number of piperidine rings is 2. The third-order valence-corrected chi connectivity index (χ3v) is 5.72. The Hall–Kier alpha value is -2.07. The van der Waals surface area contributed by atoms with E-state index in [1.807, 2.05) is 13.0 Å². The molecule has 0 N–H and O–H groups in total. The highest BCUT2D eigenvalue weighted by molar-refractivity contribution is 5.94. The number of nitrogens with zero attached hydrogens (tertiary/aromatic N) is 3. The fraction of sp³-hybridized carbons (Fsp3) is 0.476. The molecule has 2 saturated heterocycles. The summed E-state index contributed by atoms with van der Waals surface area (Å²) in [6.07, 6.45) is 7.26. The number of aromatic nitrogens is 2. The smallest absolute Gasteiger partial charge is 0.203 e. The Morgan fingerprint density at radius 2 is 1.84 bits per heavy atom. The minimum Gasteiger partial charge on any atom is -0.293 e. The number of carbonyl (C=O) groups excluding carboxylic acids is 1. The Morgan fingerprint density at radius 1 is 1.12 bits per heavy atom. The van der Waals surface area contributed by atoms with Crippen LogP contribution in [0, 0.1) is 12.8 Å². The summed E-state index contributed by atoms with van der Waals surface area (Å²) in [5.41, 5.74) is 2.23. The monoisotopic (exact) mass is 335 g/mol. The Balaban J connectivity index is 1.50. The minimum atomic E-state index is 0.0733. The van der Waals surface area contributed by atoms with Crippen LogP contribution in [0.25, 0.3) is 0 Å². The van der Waals surface area contributed by atoms with E-state index in [1.165, 1.54) is 24.8 Å². The molecule has 2 fully saturated rings. The van der Waals surface area contributed by atoms with Gasteiger partial charge in [-0.05, 0) is 44.2 Å². The maximum atomic E-state index is 12.9. The first-order valence-electron chi connectivity index (χ1n) is 9.34. The van der Waals surface area contributed by atoms with Gasteiger partial charge in [-0.3, -0.25) is 9.69 Å². The molecule has 0 amide bonds. The van der Waals surface area contributed by atoms with Crippen LogP contribution in [0.15, 0.2) is 42.6 Å². The Morgan fingerprint density at radius 3 is 2.52 bits per heavy atom. The maximum Gasteiger partial charge on any atom is 0.203 e. The highest BCUT2D eigenvalue weighted by atomic mass is 16.1. The van der Waals surface area contributed by atoms with Gasteiger partial charge in [0.15, 0.2) is 5.82 Å². The van der Waals surface area contributed by atoms with Crippen molar-refractivity contribution in [3.63, 3.8) is 0 Å². The molecule has 0 aliphatic carbocycles. The number of Topliss-reactive ketones (excluding diaryl/α,β-unsaturated/α-hetero) is 1. The van der Waals surface area contributed by atoms with E-state index in [-0.39, 0.29) is 11.7 Å². The lowest BCUT2D eigenvalue weighted by Gasteiger charge is -2.48. The van der Waals surface area contributed by atoms with E-state index in [9.17, 15) is 4.79 Å². The molecule has 130 valence electrons. The number of benzene rings is 1. The molecule has 2 atom stereocenters. The summed E-state index contributed by atoms with van der Waals surface area (Å²) in [4.78, 5) is 24.1. The van der Waals surface area contributed by atoms with Crippen LogP contribution in [-0.2, 0) is 6.54 Å². The second-order valence-electron chi connectivity index (χ2n) is 7.45. The van der Waals surface area contributed by atoms with Gasteiger partial charge in [0, 0.05) is 36.4 Å². The zero-order chi connectivity index (χ0) is 17.2. The molecular weight excluding hydrogens is 310 g/mol. The van der Waals surface area contributed by atoms with E-state index in [4.69, 9.17) is 0 Å². The van der Waals surface area contributed by atoms with Crippen LogP contribution < -0.4 is 0 Å². The average Bonchev–Trinajstić information content (AvgIpc) is 2.62. The molecule has 3 heterocycles. The molecule has 2 unspecified atom stereocenters. The van der Waals surface area contributed by atoms with Gasteiger partial charge in [0.2, 0.25) is 5.78 Å². The highest BCUT2D eigenvalue weighted by Crippen LogP contribution is 2.38. The summed E-state index contributed by atoms with van der Waals surface area (Å²) in [6, 6.07) is 13.5. The quantitative estimate of drug-likeness (QED) is 0.797. The molecule has 2 aliphatic heterocycles. The SMILES string of the molecule is Cc1ccnc(C(=O)C2CC3CCCC(C2)N3Cc2ccccc2)n1. The summed E-state index contributed by atoms with van der Waals surface area (Å²) < 4.78 is 0. The summed E-state index contributed by atoms with van der Waals surface area (Å²) in [7, 11) is 0. The van der Waals surface area contributed by atoms with Gasteiger partial charge < -0.3 is 0 Å². The lowest BCUT2D eigenvalue weighted by molar-refractivity contribution is 0.00875. The molecule has 2 aromatic rings. The molecular formula is C21H25N3O. The predicted molar refractivity (Wildman–Crippen MR) is 97.2 cm³/mol. The first kappa shape index (κ1) is 16.4. The number of hydrogen-bond acceptors (Lipinski definition) is 4. The maximum absolute atomic E-state index is 12.9. The normalized spacial score (nSPS) is 26.4. The number of aryl methyl sites for hydroxylation is 1. The van der Waals surface area contributed by atoms with Crippen molar-refractivity contribution in [2.45, 2.75) is 57.7 Å².